The number of thioether (sulfide) groups is 1. The Kier molecular flexibility index (Phi) is 3.30. The summed E-state index contributed by atoms with van der Waals surface area (Å²) >= 11 is 2.05. The Morgan fingerprint density at radius 3 is 3.27 bits per heavy atom. The molecule has 1 aromatic heterocycles. The molecule has 0 saturated carbocycles. The summed E-state index contributed by atoms with van der Waals surface area (Å²) in [5, 5.41) is 0.718. The van der Waals surface area contributed by atoms with Gasteiger partial charge in [0.25, 0.3) is 0 Å². The molecule has 1 aliphatic rings. The molecule has 2 heterocycles. The van der Waals surface area contributed by atoms with Gasteiger partial charge in [-0.25, -0.2) is 4.98 Å². The summed E-state index contributed by atoms with van der Waals surface area (Å²) in [6, 6.07) is 1.93. The van der Waals surface area contributed by atoms with Crippen LogP contribution in [0.15, 0.2) is 12.3 Å². The molecule has 0 spiro atoms. The van der Waals surface area contributed by atoms with E-state index in [-0.39, 0.29) is 0 Å². The molecular weight excluding hydrogens is 208 g/mol. The van der Waals surface area contributed by atoms with Crippen LogP contribution in [-0.4, -0.2) is 34.1 Å². The van der Waals surface area contributed by atoms with Gasteiger partial charge in [-0.2, -0.15) is 16.7 Å². The topological polar surface area (TPSA) is 55.0 Å². The number of hydrogen-bond donors (Lipinski definition) is 1. The summed E-state index contributed by atoms with van der Waals surface area (Å²) in [6.07, 6.45) is 2.93. The second kappa shape index (κ2) is 4.70. The lowest BCUT2D eigenvalue weighted by molar-refractivity contribution is 0.719. The molecular formula is C10H16N4S. The molecule has 0 bridgehead atoms. The lowest BCUT2D eigenvalue weighted by Gasteiger charge is -2.32. The van der Waals surface area contributed by atoms with Crippen molar-refractivity contribution in [3.63, 3.8) is 0 Å². The van der Waals surface area contributed by atoms with Crippen LogP contribution < -0.4 is 10.6 Å². The average molecular weight is 224 g/mol. The first-order valence-electron chi connectivity index (χ1n) is 5.24. The molecule has 2 rings (SSSR count). The van der Waals surface area contributed by atoms with Crippen LogP contribution in [0.25, 0.3) is 0 Å². The van der Waals surface area contributed by atoms with Gasteiger partial charge in [0.1, 0.15) is 5.82 Å². The van der Waals surface area contributed by atoms with Gasteiger partial charge in [-0.15, -0.1) is 0 Å². The van der Waals surface area contributed by atoms with Gasteiger partial charge in [0, 0.05) is 30.3 Å². The Morgan fingerprint density at radius 1 is 1.67 bits per heavy atom. The smallest absolute Gasteiger partial charge is 0.221 e. The third-order valence-corrected chi connectivity index (χ3v) is 3.95. The minimum absolute atomic E-state index is 0.360. The van der Waals surface area contributed by atoms with E-state index in [9.17, 15) is 0 Å². The monoisotopic (exact) mass is 224 g/mol. The van der Waals surface area contributed by atoms with Crippen LogP contribution in [-0.2, 0) is 0 Å². The van der Waals surface area contributed by atoms with E-state index in [1.807, 2.05) is 17.8 Å². The fraction of sp³-hybridized carbons (Fsp3) is 0.600. The number of aromatic nitrogens is 2. The second-order valence-electron chi connectivity index (χ2n) is 3.62. The van der Waals surface area contributed by atoms with E-state index in [1.165, 1.54) is 12.2 Å². The van der Waals surface area contributed by atoms with Crippen LogP contribution in [0, 0.1) is 0 Å². The molecule has 4 nitrogen and oxygen atoms in total. The maximum atomic E-state index is 5.58. The second-order valence-corrected chi connectivity index (χ2v) is 5.03. The molecule has 0 aromatic carbocycles. The molecule has 15 heavy (non-hydrogen) atoms. The largest absolute Gasteiger partial charge is 0.368 e. The van der Waals surface area contributed by atoms with Crippen molar-refractivity contribution in [2.24, 2.45) is 0 Å². The van der Waals surface area contributed by atoms with Crippen LogP contribution in [0.2, 0.25) is 0 Å². The zero-order chi connectivity index (χ0) is 10.7. The van der Waals surface area contributed by atoms with Crippen LogP contribution in [0.4, 0.5) is 11.8 Å². The first-order valence-corrected chi connectivity index (χ1v) is 6.29. The Hall–Kier alpha value is -0.970. The SMILES string of the molecule is CCC1CN(c2ccnc(N)n2)CCS1. The molecule has 1 aliphatic heterocycles. The maximum Gasteiger partial charge on any atom is 0.221 e. The fourth-order valence-electron chi connectivity index (χ4n) is 1.71. The van der Waals surface area contributed by atoms with E-state index < -0.39 is 0 Å². The first kappa shape index (κ1) is 10.5. The predicted octanol–water partition coefficient (Wildman–Crippen LogP) is 1.39. The van der Waals surface area contributed by atoms with Gasteiger partial charge in [0.2, 0.25) is 5.95 Å². The van der Waals surface area contributed by atoms with E-state index in [1.54, 1.807) is 6.20 Å². The molecule has 1 atom stereocenters. The van der Waals surface area contributed by atoms with Crippen molar-refractivity contribution < 1.29 is 0 Å². The van der Waals surface area contributed by atoms with Crippen molar-refractivity contribution in [2.45, 2.75) is 18.6 Å². The molecule has 0 amide bonds. The minimum atomic E-state index is 0.360. The molecule has 1 unspecified atom stereocenters. The van der Waals surface area contributed by atoms with Crippen molar-refractivity contribution in [1.82, 2.24) is 9.97 Å². The molecule has 1 saturated heterocycles. The standard InChI is InChI=1S/C10H16N4S/c1-2-8-7-14(5-6-15-8)9-3-4-12-10(11)13-9/h3-4,8H,2,5-7H2,1H3,(H2,11,12,13). The Balaban J connectivity index is 2.09. The van der Waals surface area contributed by atoms with E-state index in [0.717, 1.165) is 24.2 Å². The van der Waals surface area contributed by atoms with E-state index in [0.29, 0.717) is 5.95 Å². The highest BCUT2D eigenvalue weighted by Crippen LogP contribution is 2.24. The quantitative estimate of drug-likeness (QED) is 0.822. The van der Waals surface area contributed by atoms with Gasteiger partial charge in [0.05, 0.1) is 0 Å². The Morgan fingerprint density at radius 2 is 2.53 bits per heavy atom. The summed E-state index contributed by atoms with van der Waals surface area (Å²) in [6.45, 7) is 4.35. The van der Waals surface area contributed by atoms with Crippen molar-refractivity contribution >= 4 is 23.5 Å². The number of rotatable bonds is 2. The van der Waals surface area contributed by atoms with Gasteiger partial charge < -0.3 is 10.6 Å². The van der Waals surface area contributed by atoms with Crippen molar-refractivity contribution in [3.05, 3.63) is 12.3 Å². The van der Waals surface area contributed by atoms with Crippen molar-refractivity contribution in [3.8, 4) is 0 Å². The van der Waals surface area contributed by atoms with Gasteiger partial charge >= 0.3 is 0 Å². The summed E-state index contributed by atoms with van der Waals surface area (Å²) < 4.78 is 0. The van der Waals surface area contributed by atoms with E-state index >= 15 is 0 Å². The lowest BCUT2D eigenvalue weighted by atomic mass is 10.3. The summed E-state index contributed by atoms with van der Waals surface area (Å²) in [5.74, 6) is 2.49. The molecule has 0 aliphatic carbocycles. The Bertz CT molecular complexity index is 331. The molecule has 1 aromatic rings. The molecule has 1 fully saturated rings. The van der Waals surface area contributed by atoms with Crippen molar-refractivity contribution in [2.75, 3.05) is 29.5 Å². The predicted molar refractivity (Wildman–Crippen MR) is 65.2 cm³/mol. The molecule has 82 valence electrons. The third-order valence-electron chi connectivity index (χ3n) is 2.58. The third kappa shape index (κ3) is 2.53. The number of hydrogen-bond acceptors (Lipinski definition) is 5. The van der Waals surface area contributed by atoms with E-state index in [4.69, 9.17) is 5.73 Å². The Labute approximate surface area is 94.3 Å². The normalized spacial score (nSPS) is 21.7. The zero-order valence-electron chi connectivity index (χ0n) is 8.89. The maximum absolute atomic E-state index is 5.58. The lowest BCUT2D eigenvalue weighted by Crippen LogP contribution is -2.38. The summed E-state index contributed by atoms with van der Waals surface area (Å²) in [5.41, 5.74) is 5.58. The molecule has 2 N–H and O–H groups in total. The average Bonchev–Trinajstić information content (AvgIpc) is 2.29. The van der Waals surface area contributed by atoms with Crippen LogP contribution >= 0.6 is 11.8 Å². The van der Waals surface area contributed by atoms with Crippen LogP contribution in [0.5, 0.6) is 0 Å². The van der Waals surface area contributed by atoms with Gasteiger partial charge in [-0.3, -0.25) is 0 Å². The summed E-state index contributed by atoms with van der Waals surface area (Å²) in [7, 11) is 0. The van der Waals surface area contributed by atoms with Crippen molar-refractivity contribution in [1.29, 1.82) is 0 Å². The van der Waals surface area contributed by atoms with Crippen LogP contribution in [0.1, 0.15) is 13.3 Å². The molecule has 0 radical (unpaired) electrons. The minimum Gasteiger partial charge on any atom is -0.368 e. The summed E-state index contributed by atoms with van der Waals surface area (Å²) in [4.78, 5) is 10.5. The van der Waals surface area contributed by atoms with Gasteiger partial charge in [-0.1, -0.05) is 6.92 Å². The van der Waals surface area contributed by atoms with Crippen LogP contribution in [0.3, 0.4) is 0 Å². The highest BCUT2D eigenvalue weighted by atomic mass is 32.2. The van der Waals surface area contributed by atoms with E-state index in [2.05, 4.69) is 21.8 Å². The van der Waals surface area contributed by atoms with Gasteiger partial charge in [-0.05, 0) is 12.5 Å². The highest BCUT2D eigenvalue weighted by molar-refractivity contribution is 8.00. The number of nitrogens with zero attached hydrogens (tertiary/aromatic N) is 3. The van der Waals surface area contributed by atoms with Gasteiger partial charge in [0.15, 0.2) is 0 Å². The molecule has 5 heteroatoms. The highest BCUT2D eigenvalue weighted by Gasteiger charge is 2.19. The fourth-order valence-corrected chi connectivity index (χ4v) is 2.89. The first-order chi connectivity index (χ1) is 7.29. The number of nitrogen functional groups attached to an aromatic ring is 1. The number of anilines is 2. The number of nitrogens with two attached hydrogens (primary N) is 1. The zero-order valence-corrected chi connectivity index (χ0v) is 9.70.